The molecule has 1 aliphatic heterocycles. The van der Waals surface area contributed by atoms with Gasteiger partial charge in [-0.2, -0.15) is 0 Å². The van der Waals surface area contributed by atoms with E-state index in [-0.39, 0.29) is 11.6 Å². The molecule has 0 spiro atoms. The van der Waals surface area contributed by atoms with Crippen LogP contribution in [0.3, 0.4) is 0 Å². The van der Waals surface area contributed by atoms with Crippen molar-refractivity contribution in [2.75, 3.05) is 33.2 Å². The van der Waals surface area contributed by atoms with E-state index in [9.17, 15) is 9.13 Å². The van der Waals surface area contributed by atoms with Crippen molar-refractivity contribution < 1.29 is 22.7 Å². The first-order valence-corrected chi connectivity index (χ1v) is 9.43. The number of hydrogen-bond donors (Lipinski definition) is 0. The molecule has 7 heteroatoms. The normalized spacial score (nSPS) is 34.8. The average Bonchev–Trinajstić information content (AvgIpc) is 2.26. The molecule has 0 amide bonds. The van der Waals surface area contributed by atoms with Gasteiger partial charge in [0.1, 0.15) is 0 Å². The van der Waals surface area contributed by atoms with Gasteiger partial charge < -0.3 is 13.6 Å². The van der Waals surface area contributed by atoms with Gasteiger partial charge in [-0.05, 0) is 19.3 Å². The summed E-state index contributed by atoms with van der Waals surface area (Å²) in [6.07, 6.45) is 1.56. The van der Waals surface area contributed by atoms with E-state index in [0.717, 1.165) is 0 Å². The molecule has 17 heavy (non-hydrogen) atoms. The van der Waals surface area contributed by atoms with Gasteiger partial charge >= 0.3 is 7.60 Å². The van der Waals surface area contributed by atoms with Gasteiger partial charge in [0.15, 0.2) is 0 Å². The quantitative estimate of drug-likeness (QED) is 0.725. The van der Waals surface area contributed by atoms with Gasteiger partial charge in [-0.25, -0.2) is 0 Å². The van der Waals surface area contributed by atoms with Crippen molar-refractivity contribution in [2.24, 2.45) is 5.92 Å². The first-order chi connectivity index (χ1) is 7.89. The average molecular weight is 284 g/mol. The molecule has 0 saturated carbocycles. The minimum atomic E-state index is -3.15. The number of hydrogen-bond acceptors (Lipinski definition) is 5. The van der Waals surface area contributed by atoms with Crippen LogP contribution in [0.2, 0.25) is 0 Å². The molecule has 0 aromatic carbocycles. The van der Waals surface area contributed by atoms with Crippen LogP contribution in [0.4, 0.5) is 0 Å². The van der Waals surface area contributed by atoms with Gasteiger partial charge in [-0.1, -0.05) is 6.92 Å². The highest BCUT2D eigenvalue weighted by molar-refractivity contribution is 7.61. The second kappa shape index (κ2) is 5.99. The Kier molecular flexibility index (Phi) is 5.42. The van der Waals surface area contributed by atoms with E-state index in [4.69, 9.17) is 13.6 Å². The van der Waals surface area contributed by atoms with Crippen LogP contribution >= 0.6 is 15.0 Å². The summed E-state index contributed by atoms with van der Waals surface area (Å²) < 4.78 is 40.2. The summed E-state index contributed by atoms with van der Waals surface area (Å²) in [5.74, 6) is 0.213. The molecule has 0 aliphatic carbocycles. The van der Waals surface area contributed by atoms with Gasteiger partial charge in [0, 0.05) is 26.5 Å². The minimum absolute atomic E-state index is 0.213. The van der Waals surface area contributed by atoms with E-state index in [0.29, 0.717) is 25.4 Å². The summed E-state index contributed by atoms with van der Waals surface area (Å²) in [7, 11) is -3.09. The Labute approximate surface area is 103 Å². The van der Waals surface area contributed by atoms with E-state index < -0.39 is 15.0 Å². The highest BCUT2D eigenvalue weighted by Gasteiger charge is 2.45. The lowest BCUT2D eigenvalue weighted by molar-refractivity contribution is 0.256. The highest BCUT2D eigenvalue weighted by atomic mass is 31.2. The van der Waals surface area contributed by atoms with Crippen LogP contribution in [0.25, 0.3) is 0 Å². The first-order valence-electron chi connectivity index (χ1n) is 5.83. The molecule has 1 rings (SSSR count). The van der Waals surface area contributed by atoms with Gasteiger partial charge in [-0.15, -0.1) is 0 Å². The van der Waals surface area contributed by atoms with Crippen LogP contribution in [-0.4, -0.2) is 38.8 Å². The lowest BCUT2D eigenvalue weighted by atomic mass is 10.1. The monoisotopic (exact) mass is 284 g/mol. The van der Waals surface area contributed by atoms with Crippen LogP contribution in [0.1, 0.15) is 20.3 Å². The molecular weight excluding hydrogens is 262 g/mol. The Balaban J connectivity index is 2.89. The summed E-state index contributed by atoms with van der Waals surface area (Å²) in [5, 5.41) is 0. The molecule has 0 bridgehead atoms. The molecule has 102 valence electrons. The van der Waals surface area contributed by atoms with Crippen molar-refractivity contribution in [1.82, 2.24) is 0 Å². The Morgan fingerprint density at radius 1 is 1.29 bits per heavy atom. The van der Waals surface area contributed by atoms with Gasteiger partial charge in [0.05, 0.1) is 12.3 Å². The van der Waals surface area contributed by atoms with Crippen LogP contribution in [0.15, 0.2) is 0 Å². The first kappa shape index (κ1) is 15.4. The van der Waals surface area contributed by atoms with E-state index in [2.05, 4.69) is 0 Å². The van der Waals surface area contributed by atoms with Crippen LogP contribution < -0.4 is 0 Å². The van der Waals surface area contributed by atoms with Gasteiger partial charge in [0.2, 0.25) is 7.37 Å². The lowest BCUT2D eigenvalue weighted by Crippen LogP contribution is -2.28. The van der Waals surface area contributed by atoms with Crippen LogP contribution in [-0.2, 0) is 22.7 Å². The topological polar surface area (TPSA) is 61.8 Å². The fourth-order valence-corrected chi connectivity index (χ4v) is 8.06. The predicted molar refractivity (Wildman–Crippen MR) is 68.2 cm³/mol. The third-order valence-corrected chi connectivity index (χ3v) is 8.57. The van der Waals surface area contributed by atoms with Crippen molar-refractivity contribution in [1.29, 1.82) is 0 Å². The van der Waals surface area contributed by atoms with E-state index in [1.54, 1.807) is 0 Å². The van der Waals surface area contributed by atoms with Crippen molar-refractivity contribution in [3.05, 3.63) is 0 Å². The van der Waals surface area contributed by atoms with Gasteiger partial charge in [-0.3, -0.25) is 9.13 Å². The zero-order chi connectivity index (χ0) is 13.1. The maximum absolute atomic E-state index is 12.5. The standard InChI is InChI=1S/C10H22O5P2/c1-5-15-16(11)7-9(2)6-10(8-16)17(12,13-3)14-4/h9-10H,5-8H2,1-4H3/t9-,10+,16?/m1/s1. The SMILES string of the molecule is CCOP1(=O)C[C@H](C)C[C@H](P(=O)(OC)OC)C1. The van der Waals surface area contributed by atoms with E-state index in [1.165, 1.54) is 14.2 Å². The third kappa shape index (κ3) is 3.65. The van der Waals surface area contributed by atoms with Crippen LogP contribution in [0.5, 0.6) is 0 Å². The molecule has 1 fully saturated rings. The molecule has 1 heterocycles. The zero-order valence-corrected chi connectivity index (χ0v) is 12.7. The smallest absolute Gasteiger partial charge is 0.329 e. The lowest BCUT2D eigenvalue weighted by Gasteiger charge is -2.35. The predicted octanol–water partition coefficient (Wildman–Crippen LogP) is 3.20. The molecule has 0 N–H and O–H groups in total. The van der Waals surface area contributed by atoms with Crippen molar-refractivity contribution in [2.45, 2.75) is 25.9 Å². The maximum atomic E-state index is 12.5. The minimum Gasteiger partial charge on any atom is -0.329 e. The molecule has 3 atom stereocenters. The fourth-order valence-electron chi connectivity index (χ4n) is 2.43. The molecular formula is C10H22O5P2. The summed E-state index contributed by atoms with van der Waals surface area (Å²) in [6.45, 7) is 4.23. The maximum Gasteiger partial charge on any atom is 0.333 e. The van der Waals surface area contributed by atoms with Crippen molar-refractivity contribution >= 4 is 15.0 Å². The highest BCUT2D eigenvalue weighted by Crippen LogP contribution is 2.63. The molecule has 5 nitrogen and oxygen atoms in total. The largest absolute Gasteiger partial charge is 0.333 e. The second-order valence-electron chi connectivity index (χ2n) is 4.50. The summed E-state index contributed by atoms with van der Waals surface area (Å²) >= 11 is 0. The summed E-state index contributed by atoms with van der Waals surface area (Å²) in [4.78, 5) is 0. The fraction of sp³-hybridized carbons (Fsp3) is 1.00. The molecule has 0 aromatic rings. The van der Waals surface area contributed by atoms with Gasteiger partial charge in [0.25, 0.3) is 0 Å². The molecule has 0 aromatic heterocycles. The Hall–Kier alpha value is 0.340. The second-order valence-corrected chi connectivity index (χ2v) is 9.65. The molecule has 1 aliphatic rings. The Bertz CT molecular complexity index is 336. The van der Waals surface area contributed by atoms with Crippen molar-refractivity contribution in [3.63, 3.8) is 0 Å². The number of rotatable bonds is 5. The van der Waals surface area contributed by atoms with E-state index >= 15 is 0 Å². The van der Waals surface area contributed by atoms with Crippen LogP contribution in [0, 0.1) is 5.92 Å². The summed E-state index contributed by atoms with van der Waals surface area (Å²) in [5.41, 5.74) is -0.321. The zero-order valence-electron chi connectivity index (χ0n) is 10.9. The van der Waals surface area contributed by atoms with E-state index in [1.807, 2.05) is 13.8 Å². The molecule has 1 saturated heterocycles. The molecule has 1 unspecified atom stereocenters. The van der Waals surface area contributed by atoms with Crippen molar-refractivity contribution in [3.8, 4) is 0 Å². The third-order valence-electron chi connectivity index (χ3n) is 3.07. The Morgan fingerprint density at radius 3 is 2.35 bits per heavy atom. The Morgan fingerprint density at radius 2 is 1.88 bits per heavy atom. The molecule has 0 radical (unpaired) electrons. The summed E-state index contributed by atoms with van der Waals surface area (Å²) in [6, 6.07) is 0.